The first-order valence-corrected chi connectivity index (χ1v) is 8.24. The number of nitrogens with one attached hydrogen (secondary N) is 3. The molecule has 20 heavy (non-hydrogen) atoms. The molecule has 1 aliphatic carbocycles. The van der Waals surface area contributed by atoms with E-state index in [-0.39, 0.29) is 18.4 Å². The van der Waals surface area contributed by atoms with Crippen molar-refractivity contribution in [1.29, 1.82) is 0 Å². The lowest BCUT2D eigenvalue weighted by atomic mass is 9.96. The maximum Gasteiger partial charge on any atom is 0.315 e. The van der Waals surface area contributed by atoms with Gasteiger partial charge in [-0.15, -0.1) is 0 Å². The van der Waals surface area contributed by atoms with Gasteiger partial charge in [-0.05, 0) is 12.8 Å². The topological polar surface area (TPSA) is 82.6 Å². The largest absolute Gasteiger partial charge is 0.338 e. The fraction of sp³-hybridized carbons (Fsp3) is 0.769. The number of hydrogen-bond donors (Lipinski definition) is 3. The van der Waals surface area contributed by atoms with E-state index in [9.17, 15) is 9.59 Å². The number of thioether (sulfide) groups is 1. The van der Waals surface area contributed by atoms with E-state index in [0.717, 1.165) is 25.1 Å². The Labute approximate surface area is 123 Å². The molecule has 1 fully saturated rings. The molecule has 0 atom stereocenters. The minimum Gasteiger partial charge on any atom is -0.338 e. The maximum atomic E-state index is 11.7. The minimum absolute atomic E-state index is 0.101. The van der Waals surface area contributed by atoms with Crippen molar-refractivity contribution in [2.45, 2.75) is 44.6 Å². The van der Waals surface area contributed by atoms with Crippen molar-refractivity contribution >= 4 is 28.9 Å². The zero-order valence-electron chi connectivity index (χ0n) is 11.6. The number of urea groups is 1. The summed E-state index contributed by atoms with van der Waals surface area (Å²) in [5.74, 6) is 0.827. The highest BCUT2D eigenvalue weighted by Crippen LogP contribution is 2.17. The molecule has 3 N–H and O–H groups in total. The van der Waals surface area contributed by atoms with Crippen molar-refractivity contribution in [1.82, 2.24) is 16.0 Å². The van der Waals surface area contributed by atoms with Gasteiger partial charge in [0.25, 0.3) is 0 Å². The van der Waals surface area contributed by atoms with Crippen molar-refractivity contribution in [3.05, 3.63) is 0 Å². The van der Waals surface area contributed by atoms with Gasteiger partial charge in [0.15, 0.2) is 5.17 Å². The van der Waals surface area contributed by atoms with Crippen LogP contribution in [-0.4, -0.2) is 42.0 Å². The molecule has 0 bridgehead atoms. The van der Waals surface area contributed by atoms with Gasteiger partial charge in [-0.25, -0.2) is 4.79 Å². The number of carbonyl (C=O) groups is 2. The van der Waals surface area contributed by atoms with Crippen molar-refractivity contribution in [2.24, 2.45) is 4.99 Å². The van der Waals surface area contributed by atoms with Gasteiger partial charge in [0.1, 0.15) is 0 Å². The molecule has 0 aromatic rings. The molecule has 0 radical (unpaired) electrons. The lowest BCUT2D eigenvalue weighted by molar-refractivity contribution is -0.119. The zero-order valence-corrected chi connectivity index (χ0v) is 12.4. The number of amidine groups is 1. The van der Waals surface area contributed by atoms with Crippen molar-refractivity contribution in [3.63, 3.8) is 0 Å². The zero-order chi connectivity index (χ0) is 14.2. The van der Waals surface area contributed by atoms with E-state index in [1.54, 1.807) is 11.8 Å². The van der Waals surface area contributed by atoms with Gasteiger partial charge < -0.3 is 16.0 Å². The normalized spacial score (nSPS) is 19.3. The van der Waals surface area contributed by atoms with E-state index in [4.69, 9.17) is 0 Å². The van der Waals surface area contributed by atoms with Gasteiger partial charge in [0.05, 0.1) is 6.54 Å². The van der Waals surface area contributed by atoms with Crippen LogP contribution in [0.2, 0.25) is 0 Å². The van der Waals surface area contributed by atoms with Crippen LogP contribution < -0.4 is 16.0 Å². The van der Waals surface area contributed by atoms with Gasteiger partial charge in [0, 0.05) is 24.8 Å². The molecular formula is C13H22N4O2S. The maximum absolute atomic E-state index is 11.7. The summed E-state index contributed by atoms with van der Waals surface area (Å²) >= 11 is 1.55. The molecule has 0 aromatic heterocycles. The molecule has 7 heteroatoms. The molecule has 112 valence electrons. The Morgan fingerprint density at radius 2 is 2.05 bits per heavy atom. The molecule has 1 saturated carbocycles. The molecule has 0 spiro atoms. The van der Waals surface area contributed by atoms with Gasteiger partial charge >= 0.3 is 6.03 Å². The second-order valence-corrected chi connectivity index (χ2v) is 6.15. The summed E-state index contributed by atoms with van der Waals surface area (Å²) in [4.78, 5) is 27.4. The second kappa shape index (κ2) is 8.14. The lowest BCUT2D eigenvalue weighted by Crippen LogP contribution is -2.44. The van der Waals surface area contributed by atoms with Crippen molar-refractivity contribution < 1.29 is 9.59 Å². The SMILES string of the molecule is O=C(CCNC(=O)NC1CCCCC1)NC1=NCCS1. The van der Waals surface area contributed by atoms with Crippen LogP contribution in [0.15, 0.2) is 4.99 Å². The second-order valence-electron chi connectivity index (χ2n) is 5.07. The summed E-state index contributed by atoms with van der Waals surface area (Å²) in [7, 11) is 0. The van der Waals surface area contributed by atoms with E-state index in [0.29, 0.717) is 17.8 Å². The molecule has 1 heterocycles. The highest BCUT2D eigenvalue weighted by Gasteiger charge is 2.15. The van der Waals surface area contributed by atoms with Crippen LogP contribution in [0, 0.1) is 0 Å². The third-order valence-corrected chi connectivity index (χ3v) is 4.30. The molecule has 0 aromatic carbocycles. The van der Waals surface area contributed by atoms with E-state index in [1.807, 2.05) is 0 Å². The third-order valence-electron chi connectivity index (χ3n) is 3.41. The monoisotopic (exact) mass is 298 g/mol. The Bertz CT molecular complexity index is 381. The number of aliphatic imine (C=N–C) groups is 1. The molecule has 0 unspecified atom stereocenters. The van der Waals surface area contributed by atoms with Crippen LogP contribution >= 0.6 is 11.8 Å². The van der Waals surface area contributed by atoms with Gasteiger partial charge in [-0.1, -0.05) is 31.0 Å². The molecule has 2 rings (SSSR count). The smallest absolute Gasteiger partial charge is 0.315 e. The fourth-order valence-corrected chi connectivity index (χ4v) is 3.11. The quantitative estimate of drug-likeness (QED) is 0.730. The predicted octanol–water partition coefficient (Wildman–Crippen LogP) is 1.23. The van der Waals surface area contributed by atoms with E-state index < -0.39 is 0 Å². The van der Waals surface area contributed by atoms with E-state index in [2.05, 4.69) is 20.9 Å². The average molecular weight is 298 g/mol. The van der Waals surface area contributed by atoms with Crippen molar-refractivity contribution in [2.75, 3.05) is 18.8 Å². The summed E-state index contributed by atoms with van der Waals surface area (Å²) in [5, 5.41) is 9.12. The van der Waals surface area contributed by atoms with Crippen LogP contribution in [0.5, 0.6) is 0 Å². The summed E-state index contributed by atoms with van der Waals surface area (Å²) in [5.41, 5.74) is 0. The minimum atomic E-state index is -0.169. The van der Waals surface area contributed by atoms with E-state index in [1.165, 1.54) is 19.3 Å². The summed E-state index contributed by atoms with van der Waals surface area (Å²) in [6.07, 6.45) is 6.04. The van der Waals surface area contributed by atoms with E-state index >= 15 is 0 Å². The highest BCUT2D eigenvalue weighted by molar-refractivity contribution is 8.14. The van der Waals surface area contributed by atoms with Crippen LogP contribution in [-0.2, 0) is 4.79 Å². The van der Waals surface area contributed by atoms with Crippen LogP contribution in [0.4, 0.5) is 4.79 Å². The Morgan fingerprint density at radius 3 is 2.75 bits per heavy atom. The number of amides is 3. The first-order valence-electron chi connectivity index (χ1n) is 7.25. The first kappa shape index (κ1) is 15.2. The molecule has 2 aliphatic rings. The number of rotatable bonds is 4. The lowest BCUT2D eigenvalue weighted by Gasteiger charge is -2.22. The Kier molecular flexibility index (Phi) is 6.17. The Hall–Kier alpha value is -1.24. The molecule has 1 aliphatic heterocycles. The van der Waals surface area contributed by atoms with Gasteiger partial charge in [-0.2, -0.15) is 0 Å². The molecular weight excluding hydrogens is 276 g/mol. The summed E-state index contributed by atoms with van der Waals surface area (Å²) < 4.78 is 0. The number of carbonyl (C=O) groups excluding carboxylic acids is 2. The number of nitrogens with zero attached hydrogens (tertiary/aromatic N) is 1. The Morgan fingerprint density at radius 1 is 1.25 bits per heavy atom. The average Bonchev–Trinajstić information content (AvgIpc) is 2.92. The van der Waals surface area contributed by atoms with Gasteiger partial charge in [0.2, 0.25) is 5.91 Å². The standard InChI is InChI=1S/C13H22N4O2S/c18-11(17-13-15-8-9-20-13)6-7-14-12(19)16-10-4-2-1-3-5-10/h10H,1-9H2,(H2,14,16,19)(H,15,17,18). The predicted molar refractivity (Wildman–Crippen MR) is 80.9 cm³/mol. The molecule has 6 nitrogen and oxygen atoms in total. The van der Waals surface area contributed by atoms with Crippen LogP contribution in [0.25, 0.3) is 0 Å². The fourth-order valence-electron chi connectivity index (χ4n) is 2.37. The van der Waals surface area contributed by atoms with Gasteiger partial charge in [-0.3, -0.25) is 9.79 Å². The molecule has 3 amide bonds. The third kappa shape index (κ3) is 5.40. The van der Waals surface area contributed by atoms with Crippen LogP contribution in [0.3, 0.4) is 0 Å². The first-order chi connectivity index (χ1) is 9.74. The van der Waals surface area contributed by atoms with Crippen LogP contribution in [0.1, 0.15) is 38.5 Å². The Balaban J connectivity index is 1.55. The summed E-state index contributed by atoms with van der Waals surface area (Å²) in [6.45, 7) is 1.12. The molecule has 0 saturated heterocycles. The van der Waals surface area contributed by atoms with Crippen molar-refractivity contribution in [3.8, 4) is 0 Å². The summed E-state index contributed by atoms with van der Waals surface area (Å²) in [6, 6.07) is 0.124. The highest BCUT2D eigenvalue weighted by atomic mass is 32.2. The number of hydrogen-bond acceptors (Lipinski definition) is 4.